The van der Waals surface area contributed by atoms with E-state index in [4.69, 9.17) is 5.11 Å². The highest BCUT2D eigenvalue weighted by molar-refractivity contribution is 7.19. The van der Waals surface area contributed by atoms with Crippen molar-refractivity contribution in [1.82, 2.24) is 4.98 Å². The topological polar surface area (TPSA) is 39.9 Å². The maximum Gasteiger partial charge on any atom is 0.256 e. The van der Waals surface area contributed by atoms with Crippen LogP contribution in [-0.4, -0.2) is 22.3 Å². The molecule has 0 bridgehead atoms. The summed E-state index contributed by atoms with van der Waals surface area (Å²) < 4.78 is 1.96. The van der Waals surface area contributed by atoms with Gasteiger partial charge in [-0.05, 0) is 6.92 Å². The smallest absolute Gasteiger partial charge is 0.256 e. The van der Waals surface area contributed by atoms with Crippen molar-refractivity contribution >= 4 is 28.0 Å². The summed E-state index contributed by atoms with van der Waals surface area (Å²) in [5.41, 5.74) is 5.36. The Labute approximate surface area is 208 Å². The van der Waals surface area contributed by atoms with Crippen LogP contribution in [0.2, 0.25) is 0 Å². The number of aryl methyl sites for hydroxylation is 1. The summed E-state index contributed by atoms with van der Waals surface area (Å²) >= 11 is 0. The lowest BCUT2D eigenvalue weighted by Crippen LogP contribution is -2.74. The number of hydrogen-bond donors (Lipinski definition) is 2. The summed E-state index contributed by atoms with van der Waals surface area (Å²) in [6, 6.07) is 43.5. The van der Waals surface area contributed by atoms with Crippen LogP contribution in [-0.2, 0) is 13.5 Å². The molecule has 2 N–H and O–H groups in total. The Morgan fingerprint density at radius 1 is 0.657 bits per heavy atom. The van der Waals surface area contributed by atoms with Crippen LogP contribution in [0.1, 0.15) is 12.7 Å². The van der Waals surface area contributed by atoms with Gasteiger partial charge in [-0.2, -0.15) is 21.9 Å². The molecule has 5 aromatic rings. The Morgan fingerprint density at radius 3 is 1.26 bits per heavy atom. The second kappa shape index (κ2) is 11.5. The number of imidazole rings is 1. The van der Waals surface area contributed by atoms with Crippen molar-refractivity contribution < 1.29 is 9.67 Å². The molecule has 0 amide bonds. The molecule has 4 aromatic carbocycles. The lowest BCUT2D eigenvalue weighted by atomic mass is 9.13. The van der Waals surface area contributed by atoms with E-state index in [0.717, 1.165) is 5.82 Å². The van der Waals surface area contributed by atoms with Gasteiger partial charge >= 0.3 is 0 Å². The summed E-state index contributed by atoms with van der Waals surface area (Å²) in [7, 11) is 1.95. The normalized spacial score (nSPS) is 11.9. The average Bonchev–Trinajstić information content (AvgIpc) is 3.31. The third-order valence-electron chi connectivity index (χ3n) is 6.66. The van der Waals surface area contributed by atoms with E-state index >= 15 is 0 Å². The quantitative estimate of drug-likeness (QED) is 0.297. The van der Waals surface area contributed by atoms with Gasteiger partial charge < -0.3 is 5.11 Å². The molecule has 0 aliphatic rings. The summed E-state index contributed by atoms with van der Waals surface area (Å²) in [6.45, 7) is 1.78. The van der Waals surface area contributed by atoms with E-state index in [9.17, 15) is 0 Å². The first-order valence-electron chi connectivity index (χ1n) is 12.2. The molecule has 176 valence electrons. The Kier molecular flexibility index (Phi) is 7.97. The number of aromatic amines is 1. The van der Waals surface area contributed by atoms with Crippen LogP contribution in [0.15, 0.2) is 134 Å². The van der Waals surface area contributed by atoms with Gasteiger partial charge in [0.2, 0.25) is 0 Å². The van der Waals surface area contributed by atoms with Crippen LogP contribution < -0.4 is 26.4 Å². The van der Waals surface area contributed by atoms with E-state index in [-0.39, 0.29) is 6.10 Å². The van der Waals surface area contributed by atoms with E-state index in [2.05, 4.69) is 126 Å². The van der Waals surface area contributed by atoms with Gasteiger partial charge in [0.25, 0.3) is 5.82 Å². The molecule has 0 fully saturated rings. The molecule has 1 atom stereocenters. The minimum Gasteiger partial charge on any atom is -0.393 e. The molecule has 0 aliphatic carbocycles. The van der Waals surface area contributed by atoms with Crippen molar-refractivity contribution in [2.45, 2.75) is 19.4 Å². The monoisotopic (exact) mass is 460 g/mol. The van der Waals surface area contributed by atoms with Crippen molar-refractivity contribution in [3.05, 3.63) is 140 Å². The molecule has 1 aromatic heterocycles. The van der Waals surface area contributed by atoms with Crippen molar-refractivity contribution in [1.29, 1.82) is 0 Å². The minimum atomic E-state index is -1.22. The zero-order valence-corrected chi connectivity index (χ0v) is 20.5. The SMILES string of the molecule is CC(O)Cc1[nH]cc[n+]1C.c1ccc([B-](c2ccccc2)(c2ccccc2)c2ccccc2)cc1. The predicted octanol–water partition coefficient (Wildman–Crippen LogP) is 2.83. The Hall–Kier alpha value is -3.89. The van der Waals surface area contributed by atoms with Crippen molar-refractivity contribution in [2.75, 3.05) is 0 Å². The van der Waals surface area contributed by atoms with Crippen molar-refractivity contribution in [3.8, 4) is 0 Å². The molecule has 1 heterocycles. The first kappa shape index (κ1) is 24.2. The van der Waals surface area contributed by atoms with Crippen LogP contribution in [0.5, 0.6) is 0 Å². The number of H-pyrrole nitrogens is 1. The number of nitrogens with one attached hydrogen (secondary N) is 1. The Bertz CT molecular complexity index is 1120. The molecular weight excluding hydrogens is 427 g/mol. The van der Waals surface area contributed by atoms with Gasteiger partial charge in [0.15, 0.2) is 0 Å². The van der Waals surface area contributed by atoms with E-state index < -0.39 is 6.15 Å². The number of hydrogen-bond acceptors (Lipinski definition) is 1. The minimum absolute atomic E-state index is 0.273. The third kappa shape index (κ3) is 5.45. The van der Waals surface area contributed by atoms with E-state index in [0.29, 0.717) is 6.42 Å². The van der Waals surface area contributed by atoms with Gasteiger partial charge in [-0.15, -0.1) is 0 Å². The van der Waals surface area contributed by atoms with Crippen molar-refractivity contribution in [2.24, 2.45) is 7.05 Å². The number of nitrogens with zero attached hydrogens (tertiary/aromatic N) is 1. The highest BCUT2D eigenvalue weighted by atomic mass is 16.3. The summed E-state index contributed by atoms with van der Waals surface area (Å²) in [6.07, 6.45) is 2.98. The van der Waals surface area contributed by atoms with E-state index in [1.807, 2.05) is 24.0 Å². The number of rotatable bonds is 6. The molecular formula is C31H33BN2O. The molecule has 0 spiro atoms. The first-order valence-corrected chi connectivity index (χ1v) is 12.2. The highest BCUT2D eigenvalue weighted by Crippen LogP contribution is 2.09. The number of aliphatic hydroxyl groups excluding tert-OH is 1. The van der Waals surface area contributed by atoms with Crippen LogP contribution >= 0.6 is 0 Å². The molecule has 3 nitrogen and oxygen atoms in total. The largest absolute Gasteiger partial charge is 0.393 e. The van der Waals surface area contributed by atoms with Gasteiger partial charge in [-0.25, -0.2) is 9.55 Å². The first-order chi connectivity index (χ1) is 17.1. The molecule has 35 heavy (non-hydrogen) atoms. The Balaban J connectivity index is 0.000000243. The molecule has 0 saturated carbocycles. The predicted molar refractivity (Wildman–Crippen MR) is 147 cm³/mol. The maximum atomic E-state index is 9.02. The fourth-order valence-electron chi connectivity index (χ4n) is 5.04. The summed E-state index contributed by atoms with van der Waals surface area (Å²) in [5.74, 6) is 1.05. The van der Waals surface area contributed by atoms with Crippen LogP contribution in [0.3, 0.4) is 0 Å². The standard InChI is InChI=1S/C24H20B.C7H12N2O/c1-5-13-21(14-6-1)25(22-15-7-2-8-16-22,23-17-9-3-10-18-23)24-19-11-4-12-20-24;1-6(10)5-7-8-3-4-9(7)2/h1-20H;3-4,6,10H,5H2,1-2H3/q-1;/p+1. The fraction of sp³-hybridized carbons (Fsp3) is 0.129. The summed E-state index contributed by atoms with van der Waals surface area (Å²) in [5, 5.41) is 9.02. The zero-order valence-electron chi connectivity index (χ0n) is 20.5. The van der Waals surface area contributed by atoms with Crippen LogP contribution in [0.4, 0.5) is 0 Å². The number of aromatic nitrogens is 2. The molecule has 0 aliphatic heterocycles. The molecule has 0 saturated heterocycles. The molecule has 5 rings (SSSR count). The molecule has 4 heteroatoms. The van der Waals surface area contributed by atoms with Gasteiger partial charge in [0, 0.05) is 0 Å². The second-order valence-corrected chi connectivity index (χ2v) is 9.08. The zero-order chi connectivity index (χ0) is 24.5. The molecule has 0 radical (unpaired) electrons. The number of benzene rings is 4. The van der Waals surface area contributed by atoms with Gasteiger partial charge in [-0.3, -0.25) is 0 Å². The lowest BCUT2D eigenvalue weighted by Gasteiger charge is -2.44. The third-order valence-corrected chi connectivity index (χ3v) is 6.66. The molecule has 1 unspecified atom stereocenters. The van der Waals surface area contributed by atoms with Gasteiger partial charge in [0.1, 0.15) is 18.5 Å². The van der Waals surface area contributed by atoms with Crippen LogP contribution in [0, 0.1) is 0 Å². The Morgan fingerprint density at radius 2 is 1.00 bits per heavy atom. The van der Waals surface area contributed by atoms with E-state index in [1.165, 1.54) is 21.9 Å². The maximum absolute atomic E-state index is 9.02. The number of aliphatic hydroxyl groups is 1. The van der Waals surface area contributed by atoms with Gasteiger partial charge in [-0.1, -0.05) is 121 Å². The average molecular weight is 460 g/mol. The summed E-state index contributed by atoms with van der Waals surface area (Å²) in [4.78, 5) is 3.04. The lowest BCUT2D eigenvalue weighted by molar-refractivity contribution is -0.678. The van der Waals surface area contributed by atoms with Crippen LogP contribution in [0.25, 0.3) is 0 Å². The van der Waals surface area contributed by atoms with Gasteiger partial charge in [0.05, 0.1) is 19.6 Å². The fourth-order valence-corrected chi connectivity index (χ4v) is 5.04. The highest BCUT2D eigenvalue weighted by Gasteiger charge is 2.31. The van der Waals surface area contributed by atoms with Crippen molar-refractivity contribution in [3.63, 3.8) is 0 Å². The van der Waals surface area contributed by atoms with E-state index in [1.54, 1.807) is 6.92 Å². The second-order valence-electron chi connectivity index (χ2n) is 9.08.